The lowest BCUT2D eigenvalue weighted by Crippen LogP contribution is -2.39. The summed E-state index contributed by atoms with van der Waals surface area (Å²) in [6.45, 7) is 4.42. The molecule has 1 aliphatic heterocycles. The lowest BCUT2D eigenvalue weighted by Gasteiger charge is -2.29. The van der Waals surface area contributed by atoms with Crippen LogP contribution in [0.3, 0.4) is 0 Å². The van der Waals surface area contributed by atoms with Gasteiger partial charge in [-0.15, -0.1) is 6.42 Å². The number of nitrogen functional groups attached to an aromatic ring is 1. The van der Waals surface area contributed by atoms with Crippen LogP contribution in [0.1, 0.15) is 123 Å². The molecule has 1 unspecified atom stereocenters. The molecule has 1 aliphatic rings. The van der Waals surface area contributed by atoms with E-state index in [1.54, 1.807) is 17.8 Å². The Morgan fingerprint density at radius 1 is 1.11 bits per heavy atom. The molecule has 1 fully saturated rings. The Hall–Kier alpha value is -3.26. The number of hydrogen-bond acceptors (Lipinski definition) is 9. The van der Waals surface area contributed by atoms with E-state index in [-0.39, 0.29) is 37.0 Å². The summed E-state index contributed by atoms with van der Waals surface area (Å²) < 4.78 is 32.5. The smallest absolute Gasteiger partial charge is 0.328 e. The summed E-state index contributed by atoms with van der Waals surface area (Å²) in [7, 11) is 0. The number of halogens is 1. The van der Waals surface area contributed by atoms with E-state index in [2.05, 4.69) is 27.8 Å². The predicted octanol–water partition coefficient (Wildman–Crippen LogP) is 6.47. The number of ether oxygens (including phenoxy) is 3. The number of nitrogens with zero attached hydrogens (tertiary/aromatic N) is 4. The molecule has 0 radical (unpaired) electrons. The van der Waals surface area contributed by atoms with Gasteiger partial charge in [-0.05, 0) is 19.3 Å². The largest absolute Gasteiger partial charge is 0.463 e. The molecule has 3 atom stereocenters. The third kappa shape index (κ3) is 10.4. The molecule has 1 saturated heterocycles. The predicted molar refractivity (Wildman–Crippen MR) is 167 cm³/mol. The fraction of sp³-hybridized carbons (Fsp3) is 0.727. The first kappa shape index (κ1) is 35.2. The second-order valence-electron chi connectivity index (χ2n) is 11.9. The van der Waals surface area contributed by atoms with Gasteiger partial charge in [-0.3, -0.25) is 9.59 Å². The summed E-state index contributed by atoms with van der Waals surface area (Å²) in [5.74, 6) is 1.51. The summed E-state index contributed by atoms with van der Waals surface area (Å²) in [4.78, 5) is 37.5. The van der Waals surface area contributed by atoms with E-state index in [4.69, 9.17) is 26.4 Å². The maximum Gasteiger partial charge on any atom is 0.328 e. The molecule has 3 rings (SSSR count). The topological polar surface area (TPSA) is 131 Å². The van der Waals surface area contributed by atoms with Gasteiger partial charge in [0.05, 0.1) is 19.5 Å². The average Bonchev–Trinajstić information content (AvgIpc) is 3.69. The monoisotopic (exact) mass is 615 g/mol. The van der Waals surface area contributed by atoms with Gasteiger partial charge in [0.15, 0.2) is 16.9 Å². The van der Waals surface area contributed by atoms with E-state index in [1.807, 2.05) is 0 Å². The number of esters is 2. The van der Waals surface area contributed by atoms with Crippen LogP contribution in [0.2, 0.25) is 0 Å². The molecule has 0 bridgehead atoms. The molecule has 11 heteroatoms. The van der Waals surface area contributed by atoms with Gasteiger partial charge in [-0.1, -0.05) is 90.4 Å². The number of nitrogens with two attached hydrogens (primary N) is 1. The minimum atomic E-state index is -1.49. The highest BCUT2D eigenvalue weighted by molar-refractivity contribution is 5.82. The number of fused-ring (bicyclic) bond motifs is 1. The molecule has 0 aliphatic carbocycles. The molecular weight excluding hydrogens is 565 g/mol. The van der Waals surface area contributed by atoms with Crippen LogP contribution in [0.5, 0.6) is 0 Å². The lowest BCUT2D eigenvalue weighted by molar-refractivity contribution is -0.164. The number of carbonyl (C=O) groups excluding carboxylic acids is 2. The van der Waals surface area contributed by atoms with Crippen molar-refractivity contribution in [3.63, 3.8) is 0 Å². The van der Waals surface area contributed by atoms with E-state index >= 15 is 0 Å². The highest BCUT2D eigenvalue weighted by atomic mass is 19.1. The van der Waals surface area contributed by atoms with Gasteiger partial charge in [0.25, 0.3) is 0 Å². The number of carbonyl (C=O) groups is 2. The summed E-state index contributed by atoms with van der Waals surface area (Å²) in [5.41, 5.74) is 5.05. The third-order valence-corrected chi connectivity index (χ3v) is 8.46. The zero-order chi connectivity index (χ0) is 31.8. The third-order valence-electron chi connectivity index (χ3n) is 8.46. The fourth-order valence-electron chi connectivity index (χ4n) is 5.64. The Kier molecular flexibility index (Phi) is 14.8. The van der Waals surface area contributed by atoms with Crippen LogP contribution < -0.4 is 5.73 Å². The van der Waals surface area contributed by atoms with Crippen LogP contribution >= 0.6 is 0 Å². The number of imidazole rings is 1. The van der Waals surface area contributed by atoms with Crippen molar-refractivity contribution in [1.82, 2.24) is 19.5 Å². The standard InChI is InChI=1S/C33H50FN5O5/c1-4-7-8-9-10-11-12-13-14-15-16-17-25(39-24-36-28-29(35)37-32(34)38-30(28)39)18-20-33(6-3,23-43-27(40)5-2)31(41)44-26-19-21-42-22-26/h3,24-26H,4-5,7-23H2,1-2H3,(H2,35,37,38)/t25-,26?,33+/m1/s1. The van der Waals surface area contributed by atoms with Gasteiger partial charge in [0.2, 0.25) is 0 Å². The van der Waals surface area contributed by atoms with Crippen molar-refractivity contribution in [2.45, 2.75) is 129 Å². The van der Waals surface area contributed by atoms with E-state index < -0.39 is 29.5 Å². The first-order valence-electron chi connectivity index (χ1n) is 16.4. The van der Waals surface area contributed by atoms with Crippen LogP contribution in [0.25, 0.3) is 11.2 Å². The molecule has 0 amide bonds. The maximum absolute atomic E-state index is 14.2. The van der Waals surface area contributed by atoms with E-state index in [0.717, 1.165) is 25.7 Å². The number of anilines is 1. The first-order valence-corrected chi connectivity index (χ1v) is 16.4. The van der Waals surface area contributed by atoms with Crippen molar-refractivity contribution in [2.24, 2.45) is 5.41 Å². The normalized spacial score (nSPS) is 16.8. The number of hydrogen-bond donors (Lipinski definition) is 1. The molecule has 44 heavy (non-hydrogen) atoms. The molecule has 0 aromatic carbocycles. The summed E-state index contributed by atoms with van der Waals surface area (Å²) in [5, 5.41) is 0. The van der Waals surface area contributed by atoms with E-state index in [0.29, 0.717) is 31.6 Å². The quantitative estimate of drug-likeness (QED) is 0.0726. The SMILES string of the molecule is C#C[C@](CC[C@@H](CCCCCCCCCCCCC)n1cnc2c(N)nc(F)nc21)(COC(=O)CC)C(=O)OC1CCOC1. The highest BCUT2D eigenvalue weighted by Crippen LogP contribution is 2.34. The summed E-state index contributed by atoms with van der Waals surface area (Å²) in [6.07, 6.45) is 21.6. The van der Waals surface area contributed by atoms with Crippen molar-refractivity contribution >= 4 is 28.9 Å². The molecule has 2 aromatic rings. The number of terminal acetylenes is 1. The van der Waals surface area contributed by atoms with Crippen LogP contribution in [-0.4, -0.2) is 57.4 Å². The molecular formula is C33H50FN5O5. The van der Waals surface area contributed by atoms with E-state index in [9.17, 15) is 14.0 Å². The van der Waals surface area contributed by atoms with Gasteiger partial charge in [-0.25, -0.2) is 4.98 Å². The van der Waals surface area contributed by atoms with E-state index in [1.165, 1.54) is 51.4 Å². The molecule has 0 spiro atoms. The van der Waals surface area contributed by atoms with Crippen molar-refractivity contribution in [2.75, 3.05) is 25.6 Å². The van der Waals surface area contributed by atoms with Crippen molar-refractivity contribution in [1.29, 1.82) is 0 Å². The van der Waals surface area contributed by atoms with Gasteiger partial charge < -0.3 is 24.5 Å². The molecule has 244 valence electrons. The van der Waals surface area contributed by atoms with Crippen molar-refractivity contribution < 1.29 is 28.2 Å². The van der Waals surface area contributed by atoms with Crippen LogP contribution in [0.4, 0.5) is 10.2 Å². The highest BCUT2D eigenvalue weighted by Gasteiger charge is 2.42. The first-order chi connectivity index (χ1) is 21.3. The maximum atomic E-state index is 14.2. The summed E-state index contributed by atoms with van der Waals surface area (Å²) in [6, 6.07) is -0.218. The van der Waals surface area contributed by atoms with Crippen LogP contribution in [-0.2, 0) is 23.8 Å². The fourth-order valence-corrected chi connectivity index (χ4v) is 5.64. The van der Waals surface area contributed by atoms with Gasteiger partial charge >= 0.3 is 18.0 Å². The molecule has 10 nitrogen and oxygen atoms in total. The second-order valence-corrected chi connectivity index (χ2v) is 11.9. The van der Waals surface area contributed by atoms with Gasteiger partial charge in [0.1, 0.15) is 18.2 Å². The molecule has 2 aromatic heterocycles. The lowest BCUT2D eigenvalue weighted by atomic mass is 9.82. The van der Waals surface area contributed by atoms with Crippen molar-refractivity contribution in [3.05, 3.63) is 12.4 Å². The molecule has 2 N–H and O–H groups in total. The minimum Gasteiger partial charge on any atom is -0.463 e. The molecule has 3 heterocycles. The van der Waals surface area contributed by atoms with Crippen LogP contribution in [0, 0.1) is 23.8 Å². The molecule has 0 saturated carbocycles. The zero-order valence-corrected chi connectivity index (χ0v) is 26.5. The number of aromatic nitrogens is 4. The van der Waals surface area contributed by atoms with Crippen LogP contribution in [0.15, 0.2) is 6.33 Å². The second kappa shape index (κ2) is 18.5. The Labute approximate surface area is 261 Å². The Morgan fingerprint density at radius 2 is 1.80 bits per heavy atom. The Morgan fingerprint density at radius 3 is 2.41 bits per heavy atom. The Balaban J connectivity index is 1.70. The van der Waals surface area contributed by atoms with Gasteiger partial charge in [0, 0.05) is 18.9 Å². The zero-order valence-electron chi connectivity index (χ0n) is 26.5. The number of unbranched alkanes of at least 4 members (excludes halogenated alkanes) is 10. The van der Waals surface area contributed by atoms with Gasteiger partial charge in [-0.2, -0.15) is 14.4 Å². The summed E-state index contributed by atoms with van der Waals surface area (Å²) >= 11 is 0. The van der Waals surface area contributed by atoms with Crippen molar-refractivity contribution in [3.8, 4) is 12.3 Å². The minimum absolute atomic E-state index is 0.0356. The number of rotatable bonds is 21. The Bertz CT molecular complexity index is 1230. The average molecular weight is 616 g/mol.